The van der Waals surface area contributed by atoms with Crippen molar-refractivity contribution in [3.8, 4) is 46.0 Å². The predicted molar refractivity (Wildman–Crippen MR) is 483 cm³/mol. The lowest BCUT2D eigenvalue weighted by Gasteiger charge is -2.35. The number of amides is 4. The Bertz CT molecular complexity index is 7900. The van der Waals surface area contributed by atoms with Crippen LogP contribution in [0.4, 0.5) is 39.5 Å². The molecule has 0 bridgehead atoms. The number of tetrazole rings is 1. The van der Waals surface area contributed by atoms with Gasteiger partial charge in [-0.3, -0.25) is 47.3 Å². The molecule has 135 heavy (non-hydrogen) atoms. The molecule has 16 aromatic rings. The summed E-state index contributed by atoms with van der Waals surface area (Å²) < 4.78 is 144. The van der Waals surface area contributed by atoms with Crippen LogP contribution in [0.2, 0.25) is 0 Å². The molecule has 682 valence electrons. The van der Waals surface area contributed by atoms with Crippen LogP contribution in [0.3, 0.4) is 0 Å². The van der Waals surface area contributed by atoms with Gasteiger partial charge in [0.25, 0.3) is 40.3 Å². The number of benzene rings is 8. The van der Waals surface area contributed by atoms with Crippen molar-refractivity contribution in [2.75, 3.05) is 13.6 Å². The van der Waals surface area contributed by atoms with Crippen LogP contribution in [0.15, 0.2) is 238 Å². The smallest absolute Gasteiger partial charge is 0.355 e. The van der Waals surface area contributed by atoms with Gasteiger partial charge in [0, 0.05) is 126 Å². The number of hydrogen-bond donors (Lipinski definition) is 1. The summed E-state index contributed by atoms with van der Waals surface area (Å²) in [7, 11) is 1.47. The summed E-state index contributed by atoms with van der Waals surface area (Å²) in [4.78, 5) is 123. The van der Waals surface area contributed by atoms with Gasteiger partial charge >= 0.3 is 24.3 Å². The normalized spacial score (nSPS) is 14.6. The van der Waals surface area contributed by atoms with E-state index >= 15 is 9.59 Å². The minimum atomic E-state index is -4.81. The van der Waals surface area contributed by atoms with E-state index in [1.165, 1.54) is 82.7 Å². The molecule has 0 aliphatic carbocycles. The average Bonchev–Trinajstić information content (AvgIpc) is 1.65. The summed E-state index contributed by atoms with van der Waals surface area (Å²) in [6.45, 7) is 2.55. The van der Waals surface area contributed by atoms with Crippen molar-refractivity contribution in [2.45, 2.75) is 116 Å². The van der Waals surface area contributed by atoms with Crippen molar-refractivity contribution < 1.29 is 63.2 Å². The molecule has 3 aliphatic heterocycles. The van der Waals surface area contributed by atoms with Gasteiger partial charge < -0.3 is 24.5 Å². The minimum absolute atomic E-state index is 0.00679. The zero-order chi connectivity index (χ0) is 94.7. The van der Waals surface area contributed by atoms with Gasteiger partial charge in [0.2, 0.25) is 0 Å². The number of aromatic nitrogens is 15. The Balaban J connectivity index is 0.618. The first-order valence-corrected chi connectivity index (χ1v) is 44.4. The number of halogens is 12. The van der Waals surface area contributed by atoms with E-state index in [1.54, 1.807) is 105 Å². The maximum absolute atomic E-state index is 15.7. The number of hydrogen-bond acceptors (Lipinski definition) is 16. The summed E-state index contributed by atoms with van der Waals surface area (Å²) in [5.41, 5.74) is 3.99. The van der Waals surface area contributed by atoms with E-state index in [-0.39, 0.29) is 141 Å². The van der Waals surface area contributed by atoms with Crippen molar-refractivity contribution in [2.24, 2.45) is 0 Å². The molecule has 0 saturated heterocycles. The highest BCUT2D eigenvalue weighted by molar-refractivity contribution is 9.11. The molecular weight excluding hydrogens is 1960 g/mol. The summed E-state index contributed by atoms with van der Waals surface area (Å²) in [6, 6.07) is 45.2. The lowest BCUT2D eigenvalue weighted by atomic mass is 9.97. The van der Waals surface area contributed by atoms with Crippen LogP contribution in [-0.2, 0) is 89.7 Å². The predicted octanol–water partition coefficient (Wildman–Crippen LogP) is 15.0. The van der Waals surface area contributed by atoms with E-state index in [9.17, 15) is 68.3 Å². The van der Waals surface area contributed by atoms with Crippen LogP contribution in [0, 0.1) is 11.8 Å². The fraction of sp³-hybridized carbons (Fsp3) is 0.211. The van der Waals surface area contributed by atoms with Gasteiger partial charge in [-0.05, 0) is 188 Å². The number of alkyl halides is 9. The molecule has 3 aliphatic rings. The molecule has 40 heteroatoms. The molecule has 2 atom stereocenters. The Morgan fingerprint density at radius 1 is 0.481 bits per heavy atom. The van der Waals surface area contributed by atoms with Crippen LogP contribution < -0.4 is 27.8 Å². The third-order valence-corrected chi connectivity index (χ3v) is 26.5. The molecule has 0 saturated carbocycles. The largest absolute Gasteiger partial charge is 0.460 e. The van der Waals surface area contributed by atoms with E-state index in [4.69, 9.17) is 14.7 Å². The van der Waals surface area contributed by atoms with Crippen molar-refractivity contribution in [3.05, 3.63) is 368 Å². The van der Waals surface area contributed by atoms with Crippen molar-refractivity contribution in [1.82, 2.24) is 92.5 Å². The number of carbonyl (C=O) groups excluding carboxylic acids is 4. The Labute approximate surface area is 781 Å². The van der Waals surface area contributed by atoms with Crippen LogP contribution in [-0.4, -0.2) is 136 Å². The molecule has 0 fully saturated rings. The summed E-state index contributed by atoms with van der Waals surface area (Å²) >= 11 is 8.89. The molecule has 0 radical (unpaired) electrons. The van der Waals surface area contributed by atoms with Crippen LogP contribution in [0.25, 0.3) is 51.1 Å². The molecule has 4 amide bonds. The first-order chi connectivity index (χ1) is 64.6. The van der Waals surface area contributed by atoms with Gasteiger partial charge in [-0.15, -0.1) is 5.10 Å². The molecule has 8 aromatic heterocycles. The molecule has 2 unspecified atom stereocenters. The maximum Gasteiger partial charge on any atom is 0.460 e. The second kappa shape index (κ2) is 35.0. The second-order valence-corrected chi connectivity index (χ2v) is 35.4. The number of fused-ring (bicyclic) bond motifs is 9. The SMILES string of the molecule is CNC(=O)c1ccc(-n2c(=O)c3c(n4ncc(CC#CCn5oc(=O)nc5-c5ccc(-n6c(=O)c7c(n8ncc(Cc9cccc(Cc%10nnnn%10-c%10ccc(-n%11c(=O)c%12c(n%13ncc(Cc%14ccccc%14)c%11%13)CN(C(=O)c%11ccc(Br)c(C(F)(F)F)c%11)C(C)C%12)cc%10)c9)c68)CN(C(=O)c6ccc(Br)c(C(F)(F)F)c6)C(C)C7)cc5)c24)CN(C(=O)c2ccc(Br)c(C(F)(F)F)c2)CC3)cc1. The Kier molecular flexibility index (Phi) is 23.2. The average molecular weight is 2030 g/mol. The highest BCUT2D eigenvalue weighted by Crippen LogP contribution is 2.41. The highest BCUT2D eigenvalue weighted by atomic mass is 79.9. The molecule has 1 N–H and O–H groups in total. The van der Waals surface area contributed by atoms with Crippen molar-refractivity contribution in [1.29, 1.82) is 0 Å². The molecule has 0 spiro atoms. The zero-order valence-corrected chi connectivity index (χ0v) is 75.7. The van der Waals surface area contributed by atoms with E-state index in [1.807, 2.05) is 54.6 Å². The third kappa shape index (κ3) is 16.7. The lowest BCUT2D eigenvalue weighted by Crippen LogP contribution is -2.46. The first kappa shape index (κ1) is 89.5. The second-order valence-electron chi connectivity index (χ2n) is 32.8. The van der Waals surface area contributed by atoms with E-state index in [0.717, 1.165) is 47.0 Å². The highest BCUT2D eigenvalue weighted by Gasteiger charge is 2.42. The number of carbonyl (C=O) groups is 4. The van der Waals surface area contributed by atoms with E-state index in [2.05, 4.69) is 90.6 Å². The Morgan fingerprint density at radius 3 is 1.43 bits per heavy atom. The van der Waals surface area contributed by atoms with Gasteiger partial charge in [-0.1, -0.05) is 114 Å². The van der Waals surface area contributed by atoms with Gasteiger partial charge in [-0.2, -0.15) is 69.2 Å². The fourth-order valence-corrected chi connectivity index (χ4v) is 19.2. The molecule has 11 heterocycles. The van der Waals surface area contributed by atoms with Gasteiger partial charge in [0.05, 0.1) is 94.7 Å². The van der Waals surface area contributed by atoms with Crippen LogP contribution >= 0.6 is 47.8 Å². The molecular formula is C95H69Br3F9N19O9. The monoisotopic (exact) mass is 2030 g/mol. The van der Waals surface area contributed by atoms with Crippen molar-refractivity contribution >= 4 is 88.4 Å². The van der Waals surface area contributed by atoms with E-state index < -0.39 is 81.9 Å². The van der Waals surface area contributed by atoms with Gasteiger partial charge in [-0.25, -0.2) is 18.3 Å². The van der Waals surface area contributed by atoms with Gasteiger partial charge in [0.1, 0.15) is 23.5 Å². The Hall–Kier alpha value is -14.7. The number of nitrogens with zero attached hydrogens (tertiary/aromatic N) is 18. The van der Waals surface area contributed by atoms with Crippen molar-refractivity contribution in [3.63, 3.8) is 0 Å². The molecule has 8 aromatic carbocycles. The van der Waals surface area contributed by atoms with Crippen LogP contribution in [0.5, 0.6) is 0 Å². The number of rotatable bonds is 17. The standard InChI is InChI=1S/C95H69Br3F9N19O9/c1-51-36-69-79(50-118(51)88(130)60-21-32-76(98)73(44-60)95(105,106)107)126-85(121(90(69)132)64-22-15-56(16-23-64)81-112-92(134)135-119(81)34-8-7-14-61-45-109-124-77-48-116(86(128)58-19-30-74(96)71(42-58)93(99,100)101)35-33-68(77)89(131)120(83(61)124)65-24-17-57(18-25-65)82(127)108-3)63(47-111-126)40-54-12-9-13-55(38-54)41-80-113-114-115-123(80)67-28-26-66(27-29-67)122-84-62(39-53-10-5-4-6-11-53)46-110-125(84)78-49-117(52(2)37-70(78)91(122)133)87(129)59-20-31-75(97)72(43-59)94(102,103)104/h4-6,9-13,15-32,38,42-47,51-52H,14,33-37,39-41,48-50H2,1-3H3,(H,108,127). The lowest BCUT2D eigenvalue weighted by molar-refractivity contribution is -0.139. The van der Waals surface area contributed by atoms with Gasteiger partial charge in [0.15, 0.2) is 11.6 Å². The zero-order valence-electron chi connectivity index (χ0n) is 71.0. The summed E-state index contributed by atoms with van der Waals surface area (Å²) in [5, 5.41) is 29.9. The van der Waals surface area contributed by atoms with E-state index in [0.29, 0.717) is 91.1 Å². The quantitative estimate of drug-likeness (QED) is 0.0654. The minimum Gasteiger partial charge on any atom is -0.355 e. The maximum atomic E-state index is 15.7. The Morgan fingerprint density at radius 2 is 0.919 bits per heavy atom. The summed E-state index contributed by atoms with van der Waals surface area (Å²) in [6.07, 6.45) is -8.99. The summed E-state index contributed by atoms with van der Waals surface area (Å²) in [5.74, 6) is 3.10. The number of nitrogens with one attached hydrogen (secondary N) is 1. The molecule has 19 rings (SSSR count). The topological polar surface area (TPSA) is 300 Å². The fourth-order valence-electron chi connectivity index (χ4n) is 17.8. The van der Waals surface area contributed by atoms with Crippen LogP contribution in [0.1, 0.15) is 145 Å². The first-order valence-electron chi connectivity index (χ1n) is 42.0. The molecule has 28 nitrogen and oxygen atoms in total. The third-order valence-electron chi connectivity index (χ3n) is 24.4.